The van der Waals surface area contributed by atoms with Crippen LogP contribution in [0.4, 0.5) is 16.2 Å². The minimum atomic E-state index is -0.490. The average molecular weight is 252 g/mol. The molecule has 100 valence electrons. The van der Waals surface area contributed by atoms with Crippen LogP contribution in [0, 0.1) is 5.92 Å². The highest BCUT2D eigenvalue weighted by Crippen LogP contribution is 2.23. The lowest BCUT2D eigenvalue weighted by molar-refractivity contribution is 0.138. The molecule has 1 amide bonds. The average Bonchev–Trinajstić information content (AvgIpc) is 2.34. The normalized spacial score (nSPS) is 10.4. The van der Waals surface area contributed by atoms with Gasteiger partial charge in [0.15, 0.2) is 0 Å². The van der Waals surface area contributed by atoms with Crippen molar-refractivity contribution in [1.29, 1.82) is 0 Å². The second-order valence-corrected chi connectivity index (χ2v) is 4.40. The zero-order valence-electron chi connectivity index (χ0n) is 10.8. The number of para-hydroxylation sites is 2. The number of amides is 1. The second-order valence-electron chi connectivity index (χ2n) is 4.40. The van der Waals surface area contributed by atoms with Gasteiger partial charge in [-0.1, -0.05) is 26.0 Å². The molecule has 0 aliphatic heterocycles. The highest BCUT2D eigenvalue weighted by Gasteiger charge is 2.18. The van der Waals surface area contributed by atoms with Crippen molar-refractivity contribution in [2.75, 3.05) is 30.4 Å². The molecule has 0 unspecified atom stereocenters. The predicted molar refractivity (Wildman–Crippen MR) is 71.5 cm³/mol. The quantitative estimate of drug-likeness (QED) is 0.784. The minimum absolute atomic E-state index is 0.148. The molecule has 1 rings (SSSR count). The number of hydrogen-bond donors (Lipinski definition) is 2. The highest BCUT2D eigenvalue weighted by atomic mass is 16.6. The van der Waals surface area contributed by atoms with Crippen LogP contribution >= 0.6 is 0 Å². The van der Waals surface area contributed by atoms with Crippen molar-refractivity contribution in [2.24, 2.45) is 5.92 Å². The zero-order chi connectivity index (χ0) is 13.5. The van der Waals surface area contributed by atoms with E-state index in [0.29, 0.717) is 18.0 Å². The predicted octanol–water partition coefficient (Wildman–Crippen LogP) is 1.86. The van der Waals surface area contributed by atoms with Gasteiger partial charge in [-0.05, 0) is 18.1 Å². The fourth-order valence-electron chi connectivity index (χ4n) is 1.46. The molecule has 0 saturated carbocycles. The summed E-state index contributed by atoms with van der Waals surface area (Å²) in [5.74, 6) is 0.262. The van der Waals surface area contributed by atoms with Crippen LogP contribution in [-0.2, 0) is 4.74 Å². The second kappa shape index (κ2) is 6.86. The van der Waals surface area contributed by atoms with Crippen LogP contribution < -0.4 is 10.6 Å². The van der Waals surface area contributed by atoms with E-state index in [9.17, 15) is 4.79 Å². The maximum Gasteiger partial charge on any atom is 0.414 e. The molecule has 0 heterocycles. The van der Waals surface area contributed by atoms with Crippen LogP contribution in [0.25, 0.3) is 0 Å². The number of carbonyl (C=O) groups is 1. The molecule has 3 N–H and O–H groups in total. The SMILES string of the molecule is CC(C)COC(=O)N(CCO)c1ccccc1N. The summed E-state index contributed by atoms with van der Waals surface area (Å²) in [7, 11) is 0. The summed E-state index contributed by atoms with van der Waals surface area (Å²) >= 11 is 0. The van der Waals surface area contributed by atoms with Gasteiger partial charge < -0.3 is 15.6 Å². The smallest absolute Gasteiger partial charge is 0.414 e. The molecule has 0 aliphatic carbocycles. The third kappa shape index (κ3) is 3.92. The van der Waals surface area contributed by atoms with Gasteiger partial charge in [0.1, 0.15) is 0 Å². The number of nitrogen functional groups attached to an aromatic ring is 1. The topological polar surface area (TPSA) is 75.8 Å². The summed E-state index contributed by atoms with van der Waals surface area (Å²) in [5, 5.41) is 9.02. The first-order valence-electron chi connectivity index (χ1n) is 5.96. The Bertz CT molecular complexity index is 394. The highest BCUT2D eigenvalue weighted by molar-refractivity contribution is 5.91. The summed E-state index contributed by atoms with van der Waals surface area (Å²) in [5.41, 5.74) is 6.85. The molecule has 0 spiro atoms. The standard InChI is InChI=1S/C13H20N2O3/c1-10(2)9-18-13(17)15(7-8-16)12-6-4-3-5-11(12)14/h3-6,10,16H,7-9,14H2,1-2H3. The lowest BCUT2D eigenvalue weighted by Gasteiger charge is -2.23. The van der Waals surface area contributed by atoms with E-state index in [4.69, 9.17) is 15.6 Å². The molecular weight excluding hydrogens is 232 g/mol. The molecule has 0 radical (unpaired) electrons. The molecular formula is C13H20N2O3. The first kappa shape index (κ1) is 14.3. The first-order chi connectivity index (χ1) is 8.56. The van der Waals surface area contributed by atoms with Gasteiger partial charge in [-0.25, -0.2) is 4.79 Å². The van der Waals surface area contributed by atoms with Gasteiger partial charge in [-0.2, -0.15) is 0 Å². The number of ether oxygens (including phenoxy) is 1. The van der Waals surface area contributed by atoms with Crippen molar-refractivity contribution in [3.05, 3.63) is 24.3 Å². The summed E-state index contributed by atoms with van der Waals surface area (Å²) < 4.78 is 5.15. The lowest BCUT2D eigenvalue weighted by atomic mass is 10.2. The fraction of sp³-hybridized carbons (Fsp3) is 0.462. The van der Waals surface area contributed by atoms with E-state index in [1.807, 2.05) is 13.8 Å². The molecule has 0 aromatic heterocycles. The number of aliphatic hydroxyl groups is 1. The molecule has 5 nitrogen and oxygen atoms in total. The molecule has 1 aromatic rings. The van der Waals surface area contributed by atoms with Gasteiger partial charge in [0.2, 0.25) is 0 Å². The Hall–Kier alpha value is -1.75. The van der Waals surface area contributed by atoms with Crippen molar-refractivity contribution in [3.63, 3.8) is 0 Å². The van der Waals surface area contributed by atoms with E-state index in [1.54, 1.807) is 24.3 Å². The largest absolute Gasteiger partial charge is 0.449 e. The molecule has 0 aliphatic rings. The monoisotopic (exact) mass is 252 g/mol. The van der Waals surface area contributed by atoms with Gasteiger partial charge in [0.25, 0.3) is 0 Å². The van der Waals surface area contributed by atoms with E-state index >= 15 is 0 Å². The van der Waals surface area contributed by atoms with E-state index < -0.39 is 6.09 Å². The first-order valence-corrected chi connectivity index (χ1v) is 5.96. The number of aliphatic hydroxyl groups excluding tert-OH is 1. The van der Waals surface area contributed by atoms with E-state index in [0.717, 1.165) is 0 Å². The Balaban J connectivity index is 2.82. The number of nitrogens with two attached hydrogens (primary N) is 1. The van der Waals surface area contributed by atoms with Crippen molar-refractivity contribution < 1.29 is 14.6 Å². The van der Waals surface area contributed by atoms with Crippen LogP contribution in [0.15, 0.2) is 24.3 Å². The molecule has 0 fully saturated rings. The van der Waals surface area contributed by atoms with Crippen molar-refractivity contribution in [2.45, 2.75) is 13.8 Å². The fourth-order valence-corrected chi connectivity index (χ4v) is 1.46. The lowest BCUT2D eigenvalue weighted by Crippen LogP contribution is -2.35. The van der Waals surface area contributed by atoms with Crippen LogP contribution in [-0.4, -0.2) is 31.0 Å². The molecule has 0 saturated heterocycles. The van der Waals surface area contributed by atoms with Gasteiger partial charge in [0, 0.05) is 0 Å². The summed E-state index contributed by atoms with van der Waals surface area (Å²) in [6.07, 6.45) is -0.490. The van der Waals surface area contributed by atoms with E-state index in [2.05, 4.69) is 0 Å². The van der Waals surface area contributed by atoms with Crippen molar-refractivity contribution in [3.8, 4) is 0 Å². The molecule has 18 heavy (non-hydrogen) atoms. The summed E-state index contributed by atoms with van der Waals surface area (Å²) in [6.45, 7) is 4.27. The summed E-state index contributed by atoms with van der Waals surface area (Å²) in [4.78, 5) is 13.3. The Labute approximate surface area is 107 Å². The molecule has 5 heteroatoms. The molecule has 0 bridgehead atoms. The maximum absolute atomic E-state index is 11.9. The third-order valence-corrected chi connectivity index (χ3v) is 2.31. The third-order valence-electron chi connectivity index (χ3n) is 2.31. The van der Waals surface area contributed by atoms with Crippen LogP contribution in [0.1, 0.15) is 13.8 Å². The number of anilines is 2. The molecule has 0 atom stereocenters. The van der Waals surface area contributed by atoms with Gasteiger partial charge >= 0.3 is 6.09 Å². The van der Waals surface area contributed by atoms with E-state index in [1.165, 1.54) is 4.90 Å². The van der Waals surface area contributed by atoms with Crippen LogP contribution in [0.2, 0.25) is 0 Å². The van der Waals surface area contributed by atoms with Crippen LogP contribution in [0.3, 0.4) is 0 Å². The Morgan fingerprint density at radius 3 is 2.67 bits per heavy atom. The Kier molecular flexibility index (Phi) is 5.45. The van der Waals surface area contributed by atoms with Crippen molar-refractivity contribution in [1.82, 2.24) is 0 Å². The Morgan fingerprint density at radius 2 is 2.11 bits per heavy atom. The molecule has 1 aromatic carbocycles. The van der Waals surface area contributed by atoms with Crippen LogP contribution in [0.5, 0.6) is 0 Å². The van der Waals surface area contributed by atoms with Gasteiger partial charge in [-0.15, -0.1) is 0 Å². The van der Waals surface area contributed by atoms with Crippen molar-refractivity contribution >= 4 is 17.5 Å². The zero-order valence-corrected chi connectivity index (χ0v) is 10.8. The number of hydrogen-bond acceptors (Lipinski definition) is 4. The number of carbonyl (C=O) groups excluding carboxylic acids is 1. The van der Waals surface area contributed by atoms with Gasteiger partial charge in [-0.3, -0.25) is 4.90 Å². The van der Waals surface area contributed by atoms with Gasteiger partial charge in [0.05, 0.1) is 31.1 Å². The number of nitrogens with zero attached hydrogens (tertiary/aromatic N) is 1. The Morgan fingerprint density at radius 1 is 1.44 bits per heavy atom. The maximum atomic E-state index is 11.9. The van der Waals surface area contributed by atoms with E-state index in [-0.39, 0.29) is 19.1 Å². The minimum Gasteiger partial charge on any atom is -0.449 e. The number of rotatable bonds is 5. The summed E-state index contributed by atoms with van der Waals surface area (Å²) in [6, 6.07) is 7.00. The number of benzene rings is 1.